The zero-order valence-electron chi connectivity index (χ0n) is 11.2. The van der Waals surface area contributed by atoms with Crippen molar-refractivity contribution in [3.05, 3.63) is 0 Å². The number of unbranched alkanes of at least 4 members (excludes halogenated alkanes) is 5. The second kappa shape index (κ2) is 10.3. The number of hydrogen-bond acceptors (Lipinski definition) is 3. The molecule has 0 aliphatic carbocycles. The van der Waals surface area contributed by atoms with Crippen LogP contribution in [0.1, 0.15) is 45.4 Å². The lowest BCUT2D eigenvalue weighted by Crippen LogP contribution is -3.00. The molecule has 110 valence electrons. The van der Waals surface area contributed by atoms with Crippen molar-refractivity contribution in [3.8, 4) is 0 Å². The summed E-state index contributed by atoms with van der Waals surface area (Å²) in [7, 11) is 0.0175. The predicted octanol–water partition coefficient (Wildman–Crippen LogP) is -1.93. The Morgan fingerprint density at radius 2 is 1.67 bits per heavy atom. The average Bonchev–Trinajstić information content (AvgIpc) is 2.59. The third-order valence-electron chi connectivity index (χ3n) is 3.53. The molecule has 0 aromatic rings. The van der Waals surface area contributed by atoms with Gasteiger partial charge in [-0.05, 0) is 23.7 Å². The van der Waals surface area contributed by atoms with Crippen LogP contribution in [-0.2, 0) is 10.9 Å². The fourth-order valence-electron chi connectivity index (χ4n) is 2.40. The van der Waals surface area contributed by atoms with E-state index >= 15 is 0 Å². The highest BCUT2D eigenvalue weighted by Crippen LogP contribution is 2.25. The van der Waals surface area contributed by atoms with Crippen LogP contribution in [0, 0.1) is 0 Å². The van der Waals surface area contributed by atoms with Crippen molar-refractivity contribution in [1.82, 2.24) is 0 Å². The van der Waals surface area contributed by atoms with Gasteiger partial charge in [-0.2, -0.15) is 0 Å². The maximum absolute atomic E-state index is 9.70. The van der Waals surface area contributed by atoms with E-state index in [1.54, 1.807) is 0 Å². The van der Waals surface area contributed by atoms with Crippen LogP contribution in [-0.4, -0.2) is 50.9 Å². The number of hydrogen-bond donors (Lipinski definition) is 3. The van der Waals surface area contributed by atoms with E-state index in [1.165, 1.54) is 38.5 Å². The van der Waals surface area contributed by atoms with E-state index in [0.29, 0.717) is 5.75 Å². The standard InChI is InChI=1S/C13H27O3S.ClH/c1-2-3-4-5-6-7-8-17-10-11(15)13(16)12(17)9-14;/h11-16H,2-10H2,1H3;1H/q+1;/p-1/t11-,12-,13+,17?;/m1./s1. The third-order valence-corrected chi connectivity index (χ3v) is 6.40. The average molecular weight is 299 g/mol. The lowest BCUT2D eigenvalue weighted by molar-refractivity contribution is -0.00000726. The fourth-order valence-corrected chi connectivity index (χ4v) is 5.12. The van der Waals surface area contributed by atoms with Gasteiger partial charge in [-0.3, -0.25) is 0 Å². The third kappa shape index (κ3) is 5.66. The van der Waals surface area contributed by atoms with Crippen molar-refractivity contribution < 1.29 is 27.7 Å². The van der Waals surface area contributed by atoms with Gasteiger partial charge in [-0.25, -0.2) is 0 Å². The van der Waals surface area contributed by atoms with E-state index in [2.05, 4.69) is 6.92 Å². The minimum atomic E-state index is -0.705. The monoisotopic (exact) mass is 298 g/mol. The lowest BCUT2D eigenvalue weighted by Gasteiger charge is -2.11. The molecule has 18 heavy (non-hydrogen) atoms. The first-order valence-electron chi connectivity index (χ1n) is 6.84. The molecule has 0 radical (unpaired) electrons. The fraction of sp³-hybridized carbons (Fsp3) is 1.00. The van der Waals surface area contributed by atoms with E-state index in [1.807, 2.05) is 0 Å². The van der Waals surface area contributed by atoms with Gasteiger partial charge < -0.3 is 27.7 Å². The molecule has 1 fully saturated rings. The van der Waals surface area contributed by atoms with E-state index in [0.717, 1.165) is 5.75 Å². The number of aliphatic hydroxyl groups is 3. The zero-order chi connectivity index (χ0) is 12.7. The Labute approximate surface area is 120 Å². The summed E-state index contributed by atoms with van der Waals surface area (Å²) in [6.07, 6.45) is 6.30. The van der Waals surface area contributed by atoms with Gasteiger partial charge in [-0.1, -0.05) is 32.6 Å². The molecule has 1 unspecified atom stereocenters. The number of aliphatic hydroxyl groups excluding tert-OH is 3. The first kappa shape index (κ1) is 18.5. The topological polar surface area (TPSA) is 60.7 Å². The predicted molar refractivity (Wildman–Crippen MR) is 73.4 cm³/mol. The van der Waals surface area contributed by atoms with Crippen molar-refractivity contribution in [2.24, 2.45) is 0 Å². The second-order valence-corrected chi connectivity index (χ2v) is 7.38. The SMILES string of the molecule is CCCCCCCC[S+]1C[C@@H](O)[C@H](O)[C@H]1CO.[Cl-]. The summed E-state index contributed by atoms with van der Waals surface area (Å²) >= 11 is 0. The van der Waals surface area contributed by atoms with Crippen LogP contribution in [0.3, 0.4) is 0 Å². The molecule has 1 saturated heterocycles. The zero-order valence-corrected chi connectivity index (χ0v) is 12.8. The molecule has 5 heteroatoms. The molecule has 3 N–H and O–H groups in total. The molecule has 4 atom stereocenters. The molecule has 1 rings (SSSR count). The normalized spacial score (nSPS) is 31.3. The van der Waals surface area contributed by atoms with Crippen molar-refractivity contribution in [3.63, 3.8) is 0 Å². The summed E-state index contributed by atoms with van der Waals surface area (Å²) in [4.78, 5) is 0. The Balaban J connectivity index is 0.00000289. The summed E-state index contributed by atoms with van der Waals surface area (Å²) in [5.74, 6) is 1.74. The number of halogens is 1. The molecule has 1 aliphatic heterocycles. The van der Waals surface area contributed by atoms with Crippen LogP contribution < -0.4 is 12.4 Å². The Hall–Kier alpha value is 0.520. The lowest BCUT2D eigenvalue weighted by atomic mass is 10.1. The Bertz CT molecular complexity index is 207. The molecule has 0 saturated carbocycles. The molecule has 0 bridgehead atoms. The maximum Gasteiger partial charge on any atom is 0.169 e. The van der Waals surface area contributed by atoms with Crippen LogP contribution >= 0.6 is 0 Å². The molecular formula is C13H27ClO3S. The van der Waals surface area contributed by atoms with Crippen molar-refractivity contribution in [2.75, 3.05) is 18.1 Å². The van der Waals surface area contributed by atoms with Gasteiger partial charge in [-0.15, -0.1) is 0 Å². The van der Waals surface area contributed by atoms with Crippen LogP contribution in [0.2, 0.25) is 0 Å². The van der Waals surface area contributed by atoms with E-state index in [9.17, 15) is 15.3 Å². The van der Waals surface area contributed by atoms with E-state index in [-0.39, 0.29) is 35.2 Å². The Kier molecular flexibility index (Phi) is 10.6. The minimum absolute atomic E-state index is 0. The maximum atomic E-state index is 9.70. The van der Waals surface area contributed by atoms with Gasteiger partial charge in [0.25, 0.3) is 0 Å². The molecular weight excluding hydrogens is 272 g/mol. The largest absolute Gasteiger partial charge is 1.00 e. The summed E-state index contributed by atoms with van der Waals surface area (Å²) in [5.41, 5.74) is 0. The molecule has 3 nitrogen and oxygen atoms in total. The van der Waals surface area contributed by atoms with Gasteiger partial charge in [0.2, 0.25) is 0 Å². The molecule has 0 spiro atoms. The highest BCUT2D eigenvalue weighted by Gasteiger charge is 2.48. The van der Waals surface area contributed by atoms with Crippen molar-refractivity contribution in [2.45, 2.75) is 62.9 Å². The minimum Gasteiger partial charge on any atom is -1.00 e. The number of rotatable bonds is 8. The van der Waals surface area contributed by atoms with Gasteiger partial charge in [0.1, 0.15) is 23.7 Å². The van der Waals surface area contributed by atoms with Crippen LogP contribution in [0.15, 0.2) is 0 Å². The van der Waals surface area contributed by atoms with E-state index < -0.39 is 12.2 Å². The van der Waals surface area contributed by atoms with Crippen molar-refractivity contribution >= 4 is 10.9 Å². The molecule has 1 aliphatic rings. The Morgan fingerprint density at radius 3 is 2.28 bits per heavy atom. The van der Waals surface area contributed by atoms with Gasteiger partial charge >= 0.3 is 0 Å². The second-order valence-electron chi connectivity index (χ2n) is 4.95. The molecule has 1 heterocycles. The van der Waals surface area contributed by atoms with Gasteiger partial charge in [0.05, 0.1) is 6.61 Å². The highest BCUT2D eigenvalue weighted by atomic mass is 35.5. The van der Waals surface area contributed by atoms with Crippen LogP contribution in [0.4, 0.5) is 0 Å². The summed E-state index contributed by atoms with van der Waals surface area (Å²) in [5, 5.41) is 28.4. The highest BCUT2D eigenvalue weighted by molar-refractivity contribution is 7.97. The molecule has 0 amide bonds. The molecule has 0 aromatic heterocycles. The smallest absolute Gasteiger partial charge is 0.169 e. The van der Waals surface area contributed by atoms with Crippen molar-refractivity contribution in [1.29, 1.82) is 0 Å². The van der Waals surface area contributed by atoms with Gasteiger partial charge in [0, 0.05) is 0 Å². The summed E-state index contributed by atoms with van der Waals surface area (Å²) in [6, 6.07) is 0. The first-order valence-corrected chi connectivity index (χ1v) is 8.46. The van der Waals surface area contributed by atoms with Crippen LogP contribution in [0.25, 0.3) is 0 Å². The summed E-state index contributed by atoms with van der Waals surface area (Å²) in [6.45, 7) is 2.23. The van der Waals surface area contributed by atoms with Gasteiger partial charge in [0.15, 0.2) is 5.25 Å². The Morgan fingerprint density at radius 1 is 1.06 bits per heavy atom. The summed E-state index contributed by atoms with van der Waals surface area (Å²) < 4.78 is 0. The first-order chi connectivity index (χ1) is 8.20. The molecule has 0 aromatic carbocycles. The van der Waals surface area contributed by atoms with Crippen LogP contribution in [0.5, 0.6) is 0 Å². The quantitative estimate of drug-likeness (QED) is 0.361. The van der Waals surface area contributed by atoms with E-state index in [4.69, 9.17) is 0 Å².